The minimum absolute atomic E-state index is 0. The number of hydrogen-bond acceptors (Lipinski definition) is 2. The molecule has 70 valence electrons. The van der Waals surface area contributed by atoms with E-state index in [-0.39, 0.29) is 24.8 Å². The van der Waals surface area contributed by atoms with Crippen molar-refractivity contribution in [3.8, 4) is 0 Å². The van der Waals surface area contributed by atoms with Crippen LogP contribution in [0, 0.1) is 5.75 Å². The van der Waals surface area contributed by atoms with Crippen molar-refractivity contribution in [2.75, 3.05) is 7.05 Å². The summed E-state index contributed by atoms with van der Waals surface area (Å²) < 4.78 is 0. The van der Waals surface area contributed by atoms with Crippen LogP contribution in [0.4, 0.5) is 0 Å². The normalized spacial score (nSPS) is 8.93. The summed E-state index contributed by atoms with van der Waals surface area (Å²) in [6, 6.07) is 9.98. The number of thioether (sulfide) groups is 1. The van der Waals surface area contributed by atoms with Gasteiger partial charge in [0.2, 0.25) is 0 Å². The maximum absolute atomic E-state index is 10.8. The van der Waals surface area contributed by atoms with E-state index >= 15 is 0 Å². The molecule has 0 aliphatic rings. The van der Waals surface area contributed by atoms with Gasteiger partial charge >= 0.3 is 18.9 Å². The molecule has 0 radical (unpaired) electrons. The molecule has 1 N–H and O–H groups in total. The summed E-state index contributed by atoms with van der Waals surface area (Å²) in [6.07, 6.45) is 0.454. The molecule has 1 rings (SSSR count). The summed E-state index contributed by atoms with van der Waals surface area (Å²) in [7, 11) is 1.64. The largest absolute Gasteiger partial charge is 1.00 e. The van der Waals surface area contributed by atoms with E-state index in [2.05, 4.69) is 5.32 Å². The summed E-state index contributed by atoms with van der Waals surface area (Å²) in [5.41, 5.74) is 0. The first-order valence-electron chi connectivity index (χ1n) is 4.07. The minimum Gasteiger partial charge on any atom is -0.361 e. The number of carbonyl (C=O) groups is 1. The number of nitrogens with one attached hydrogen (secondary N) is 1. The Morgan fingerprint density at radius 2 is 2.07 bits per heavy atom. The van der Waals surface area contributed by atoms with Crippen molar-refractivity contribution in [2.45, 2.75) is 11.3 Å². The molecule has 0 fully saturated rings. The van der Waals surface area contributed by atoms with Crippen LogP contribution < -0.4 is 24.2 Å². The summed E-state index contributed by atoms with van der Waals surface area (Å²) in [5.74, 6) is 1.94. The van der Waals surface area contributed by atoms with Gasteiger partial charge in [0.15, 0.2) is 5.91 Å². The Kier molecular flexibility index (Phi) is 7.78. The molecule has 0 aromatic heterocycles. The first-order valence-corrected chi connectivity index (χ1v) is 4.95. The van der Waals surface area contributed by atoms with Gasteiger partial charge in [0.25, 0.3) is 0 Å². The van der Waals surface area contributed by atoms with Gasteiger partial charge < -0.3 is 17.1 Å². The molecule has 2 nitrogen and oxygen atoms in total. The molecule has 14 heavy (non-hydrogen) atoms. The average Bonchev–Trinajstić information content (AvgIpc) is 2.19. The number of hydrogen-bond donors (Lipinski definition) is 1. The van der Waals surface area contributed by atoms with Gasteiger partial charge in [-0.3, -0.25) is 10.5 Å². The van der Waals surface area contributed by atoms with Crippen LogP contribution in [0.5, 0.6) is 0 Å². The molecular weight excluding hydrogens is 189 g/mol. The Bertz CT molecular complexity index is 266. The van der Waals surface area contributed by atoms with Gasteiger partial charge in [0.05, 0.1) is 0 Å². The maximum atomic E-state index is 10.8. The van der Waals surface area contributed by atoms with Crippen LogP contribution in [0.3, 0.4) is 0 Å². The standard InChI is InChI=1S/C10H12NOS.Li/c1-11-10(12)7-8-13-9-5-3-2-4-6-9;/h2-6,8H,7H2,1H3,(H,11,12);/q-1;+1. The maximum Gasteiger partial charge on any atom is 1.00 e. The number of amides is 1. The predicted octanol–water partition coefficient (Wildman–Crippen LogP) is -0.919. The zero-order chi connectivity index (χ0) is 9.52. The van der Waals surface area contributed by atoms with Crippen LogP contribution in [0.25, 0.3) is 0 Å². The van der Waals surface area contributed by atoms with Crippen molar-refractivity contribution >= 4 is 17.7 Å². The van der Waals surface area contributed by atoms with Gasteiger partial charge in [0, 0.05) is 7.05 Å². The first kappa shape index (κ1) is 13.6. The second-order valence-corrected chi connectivity index (χ2v) is 3.52. The second-order valence-electron chi connectivity index (χ2n) is 2.47. The Labute approximate surface area is 101 Å². The van der Waals surface area contributed by atoms with Gasteiger partial charge in [0.1, 0.15) is 0 Å². The zero-order valence-corrected chi connectivity index (χ0v) is 9.30. The molecule has 0 spiro atoms. The molecule has 0 atom stereocenters. The van der Waals surface area contributed by atoms with E-state index in [0.29, 0.717) is 6.42 Å². The van der Waals surface area contributed by atoms with Crippen molar-refractivity contribution < 1.29 is 23.7 Å². The quantitative estimate of drug-likeness (QED) is 0.388. The Hall–Kier alpha value is -0.363. The van der Waals surface area contributed by atoms with Gasteiger partial charge in [-0.25, -0.2) is 0 Å². The zero-order valence-electron chi connectivity index (χ0n) is 8.49. The molecule has 0 bridgehead atoms. The van der Waals surface area contributed by atoms with E-state index in [9.17, 15) is 4.79 Å². The fourth-order valence-electron chi connectivity index (χ4n) is 0.815. The molecule has 0 saturated carbocycles. The molecule has 0 aliphatic heterocycles. The van der Waals surface area contributed by atoms with Crippen LogP contribution in [0.15, 0.2) is 35.2 Å². The average molecular weight is 201 g/mol. The van der Waals surface area contributed by atoms with Crippen LogP contribution >= 0.6 is 11.8 Å². The molecular formula is C10H12LiNOS. The van der Waals surface area contributed by atoms with Gasteiger partial charge in [-0.1, -0.05) is 36.8 Å². The Balaban J connectivity index is 0.00000169. The van der Waals surface area contributed by atoms with E-state index in [1.807, 2.05) is 36.1 Å². The third-order valence-corrected chi connectivity index (χ3v) is 2.39. The van der Waals surface area contributed by atoms with E-state index in [0.717, 1.165) is 4.90 Å². The fourth-order valence-corrected chi connectivity index (χ4v) is 1.56. The number of carbonyl (C=O) groups excluding carboxylic acids is 1. The molecule has 0 unspecified atom stereocenters. The molecule has 1 amide bonds. The van der Waals surface area contributed by atoms with Crippen molar-refractivity contribution in [1.82, 2.24) is 5.32 Å². The van der Waals surface area contributed by atoms with Crippen LogP contribution in [-0.2, 0) is 4.79 Å². The van der Waals surface area contributed by atoms with E-state index in [1.54, 1.807) is 18.8 Å². The number of rotatable bonds is 4. The third-order valence-electron chi connectivity index (χ3n) is 1.51. The summed E-state index contributed by atoms with van der Waals surface area (Å²) in [5, 5.41) is 2.57. The number of benzene rings is 1. The van der Waals surface area contributed by atoms with Crippen molar-refractivity contribution in [2.24, 2.45) is 0 Å². The van der Waals surface area contributed by atoms with Crippen LogP contribution in [0.1, 0.15) is 6.42 Å². The van der Waals surface area contributed by atoms with E-state index < -0.39 is 0 Å². The third kappa shape index (κ3) is 5.39. The molecule has 1 aromatic rings. The molecule has 0 saturated heterocycles. The van der Waals surface area contributed by atoms with Crippen LogP contribution in [0.2, 0.25) is 0 Å². The summed E-state index contributed by atoms with van der Waals surface area (Å²) in [6.45, 7) is 0. The van der Waals surface area contributed by atoms with Gasteiger partial charge in [-0.15, -0.1) is 0 Å². The molecule has 4 heteroatoms. The Morgan fingerprint density at radius 1 is 1.43 bits per heavy atom. The van der Waals surface area contributed by atoms with Crippen molar-refractivity contribution in [3.05, 3.63) is 36.1 Å². The smallest absolute Gasteiger partial charge is 0.361 e. The molecule has 0 aliphatic carbocycles. The van der Waals surface area contributed by atoms with E-state index in [1.165, 1.54) is 0 Å². The Morgan fingerprint density at radius 3 is 2.64 bits per heavy atom. The minimum atomic E-state index is 0. The summed E-state index contributed by atoms with van der Waals surface area (Å²) in [4.78, 5) is 12.0. The van der Waals surface area contributed by atoms with Crippen molar-refractivity contribution in [3.63, 3.8) is 0 Å². The fraction of sp³-hybridized carbons (Fsp3) is 0.200. The first-order chi connectivity index (χ1) is 6.33. The molecule has 0 heterocycles. The van der Waals surface area contributed by atoms with Crippen LogP contribution in [-0.4, -0.2) is 13.0 Å². The van der Waals surface area contributed by atoms with Gasteiger partial charge in [-0.05, 0) is 4.90 Å². The summed E-state index contributed by atoms with van der Waals surface area (Å²) >= 11 is 1.58. The second kappa shape index (κ2) is 7.99. The van der Waals surface area contributed by atoms with E-state index in [4.69, 9.17) is 0 Å². The van der Waals surface area contributed by atoms with Crippen molar-refractivity contribution in [1.29, 1.82) is 0 Å². The SMILES string of the molecule is CNC(=O)C[CH-]Sc1ccccc1.[Li+]. The predicted molar refractivity (Wildman–Crippen MR) is 55.3 cm³/mol. The topological polar surface area (TPSA) is 29.1 Å². The van der Waals surface area contributed by atoms with Gasteiger partial charge in [-0.2, -0.15) is 0 Å². The monoisotopic (exact) mass is 201 g/mol. The molecule has 1 aromatic carbocycles.